The third-order valence-corrected chi connectivity index (χ3v) is 2.99. The van der Waals surface area contributed by atoms with Crippen LogP contribution in [-0.2, 0) is 0 Å². The Hall–Kier alpha value is -2.41. The fourth-order valence-corrected chi connectivity index (χ4v) is 2.06. The molecule has 1 heteroatoms. The first-order valence-corrected chi connectivity index (χ1v) is 6.06. The van der Waals surface area contributed by atoms with Crippen LogP contribution >= 0.6 is 0 Å². The Labute approximate surface area is 107 Å². The molecule has 1 nitrogen and oxygen atoms in total. The molecule has 0 saturated heterocycles. The first-order chi connectivity index (χ1) is 8.93. The Bertz CT molecular complexity index is 575. The first-order valence-electron chi connectivity index (χ1n) is 6.06. The van der Waals surface area contributed by atoms with Crippen molar-refractivity contribution in [3.63, 3.8) is 0 Å². The van der Waals surface area contributed by atoms with Gasteiger partial charge in [-0.05, 0) is 23.3 Å². The number of hydrogen-bond acceptors (Lipinski definition) is 0. The van der Waals surface area contributed by atoms with Crippen LogP contribution in [0.25, 0.3) is 22.4 Å². The third-order valence-electron chi connectivity index (χ3n) is 2.99. The molecule has 0 fully saturated rings. The van der Waals surface area contributed by atoms with E-state index in [-0.39, 0.29) is 0 Å². The number of aromatic amines is 1. The highest BCUT2D eigenvalue weighted by Gasteiger charge is 2.06. The van der Waals surface area contributed by atoms with Crippen LogP contribution in [0.3, 0.4) is 0 Å². The molecule has 0 aliphatic rings. The van der Waals surface area contributed by atoms with E-state index < -0.39 is 0 Å². The molecule has 0 saturated carbocycles. The molecular weight excluding hydrogens is 218 g/mol. The van der Waals surface area contributed by atoms with Crippen molar-refractivity contribution >= 4 is 0 Å². The van der Waals surface area contributed by atoms with Gasteiger partial charge in [-0.3, -0.25) is 0 Å². The summed E-state index contributed by atoms with van der Waals surface area (Å²) in [4.78, 5) is 3.29. The lowest BCUT2D eigenvalue weighted by Crippen LogP contribution is -2.05. The fraction of sp³-hybridized carbons (Fsp3) is 0. The second-order valence-corrected chi connectivity index (χ2v) is 4.22. The molecule has 0 aliphatic carbocycles. The molecule has 3 aromatic rings. The summed E-state index contributed by atoms with van der Waals surface area (Å²) in [7, 11) is 0. The summed E-state index contributed by atoms with van der Waals surface area (Å²) in [6, 6.07) is 25.1. The molecule has 0 radical (unpaired) electrons. The van der Waals surface area contributed by atoms with Crippen LogP contribution in [0.2, 0.25) is 0 Å². The molecule has 0 spiro atoms. The number of hydrogen-bond donors (Lipinski definition) is 0. The van der Waals surface area contributed by atoms with Crippen LogP contribution in [0.1, 0.15) is 0 Å². The molecule has 18 heavy (non-hydrogen) atoms. The average molecular weight is 232 g/mol. The van der Waals surface area contributed by atoms with E-state index in [1.165, 1.54) is 16.7 Å². The summed E-state index contributed by atoms with van der Waals surface area (Å²) in [5.74, 6) is 0. The highest BCUT2D eigenvalue weighted by molar-refractivity contribution is 5.68. The van der Waals surface area contributed by atoms with E-state index >= 15 is 0 Å². The van der Waals surface area contributed by atoms with Gasteiger partial charge in [-0.25, -0.2) is 4.98 Å². The van der Waals surface area contributed by atoms with Gasteiger partial charge in [-0.2, -0.15) is 0 Å². The third kappa shape index (κ3) is 2.16. The lowest BCUT2D eigenvalue weighted by molar-refractivity contribution is -0.364. The molecule has 0 amide bonds. The molecular formula is C17H14N+. The van der Waals surface area contributed by atoms with Crippen LogP contribution in [-0.4, -0.2) is 0 Å². The Morgan fingerprint density at radius 1 is 0.556 bits per heavy atom. The average Bonchev–Trinajstić information content (AvgIpc) is 2.49. The Balaban J connectivity index is 2.05. The summed E-state index contributed by atoms with van der Waals surface area (Å²) >= 11 is 0. The second-order valence-electron chi connectivity index (χ2n) is 4.22. The van der Waals surface area contributed by atoms with Gasteiger partial charge in [0.1, 0.15) is 0 Å². The van der Waals surface area contributed by atoms with Gasteiger partial charge in [0.2, 0.25) is 5.69 Å². The summed E-state index contributed by atoms with van der Waals surface area (Å²) < 4.78 is 0. The molecule has 1 N–H and O–H groups in total. The van der Waals surface area contributed by atoms with Crippen molar-refractivity contribution in [2.24, 2.45) is 0 Å². The van der Waals surface area contributed by atoms with Crippen molar-refractivity contribution < 1.29 is 4.98 Å². The molecule has 86 valence electrons. The van der Waals surface area contributed by atoms with E-state index in [1.54, 1.807) is 0 Å². The van der Waals surface area contributed by atoms with Gasteiger partial charge in [-0.1, -0.05) is 48.5 Å². The van der Waals surface area contributed by atoms with Crippen LogP contribution < -0.4 is 4.98 Å². The van der Waals surface area contributed by atoms with Crippen molar-refractivity contribution in [1.82, 2.24) is 0 Å². The number of pyridine rings is 1. The minimum atomic E-state index is 1.14. The molecule has 0 unspecified atom stereocenters. The van der Waals surface area contributed by atoms with Gasteiger partial charge in [0, 0.05) is 17.7 Å². The van der Waals surface area contributed by atoms with E-state index in [4.69, 9.17) is 0 Å². The standard InChI is InChI=1S/C17H13N/c1-3-7-14(8-4-1)16-11-12-18-17(13-16)15-9-5-2-6-10-15/h1-13H/p+1. The smallest absolute Gasteiger partial charge is 0.211 e. The van der Waals surface area contributed by atoms with E-state index in [1.807, 2.05) is 18.3 Å². The second kappa shape index (κ2) is 4.84. The van der Waals surface area contributed by atoms with E-state index in [2.05, 4.69) is 65.6 Å². The Kier molecular flexibility index (Phi) is 2.89. The zero-order valence-corrected chi connectivity index (χ0v) is 10.0. The van der Waals surface area contributed by atoms with Crippen LogP contribution in [0.4, 0.5) is 0 Å². The summed E-state index contributed by atoms with van der Waals surface area (Å²) in [6.07, 6.45) is 1.99. The maximum atomic E-state index is 3.29. The largest absolute Gasteiger partial charge is 0.211 e. The lowest BCUT2D eigenvalue weighted by Gasteiger charge is -2.01. The maximum Gasteiger partial charge on any atom is 0.211 e. The normalized spacial score (nSPS) is 10.2. The van der Waals surface area contributed by atoms with Crippen molar-refractivity contribution in [2.45, 2.75) is 0 Å². The Morgan fingerprint density at radius 3 is 1.83 bits per heavy atom. The SMILES string of the molecule is c1ccc(-c2cc[nH+]c(-c3ccccc3)c2)cc1. The van der Waals surface area contributed by atoms with Gasteiger partial charge in [0.25, 0.3) is 0 Å². The molecule has 2 aromatic carbocycles. The van der Waals surface area contributed by atoms with E-state index in [9.17, 15) is 0 Å². The van der Waals surface area contributed by atoms with Crippen molar-refractivity contribution in [3.8, 4) is 22.4 Å². The number of H-pyrrole nitrogens is 1. The molecule has 1 aromatic heterocycles. The van der Waals surface area contributed by atoms with E-state index in [0.29, 0.717) is 0 Å². The lowest BCUT2D eigenvalue weighted by atomic mass is 10.0. The molecule has 3 rings (SSSR count). The van der Waals surface area contributed by atoms with Crippen LogP contribution in [0.15, 0.2) is 79.0 Å². The van der Waals surface area contributed by atoms with Crippen LogP contribution in [0, 0.1) is 0 Å². The van der Waals surface area contributed by atoms with Gasteiger partial charge < -0.3 is 0 Å². The molecule has 1 heterocycles. The quantitative estimate of drug-likeness (QED) is 0.637. The van der Waals surface area contributed by atoms with Crippen molar-refractivity contribution in [2.75, 3.05) is 0 Å². The van der Waals surface area contributed by atoms with Gasteiger partial charge in [0.05, 0.1) is 0 Å². The first kappa shape index (κ1) is 10.7. The predicted molar refractivity (Wildman–Crippen MR) is 73.9 cm³/mol. The van der Waals surface area contributed by atoms with Gasteiger partial charge >= 0.3 is 0 Å². The topological polar surface area (TPSA) is 14.1 Å². The van der Waals surface area contributed by atoms with E-state index in [0.717, 1.165) is 5.69 Å². The Morgan fingerprint density at radius 2 is 1.17 bits per heavy atom. The molecule has 0 aliphatic heterocycles. The van der Waals surface area contributed by atoms with Gasteiger partial charge in [0.15, 0.2) is 6.20 Å². The highest BCUT2D eigenvalue weighted by Crippen LogP contribution is 2.22. The zero-order chi connectivity index (χ0) is 12.2. The molecule has 0 atom stereocenters. The number of nitrogens with one attached hydrogen (secondary N) is 1. The van der Waals surface area contributed by atoms with Crippen molar-refractivity contribution in [3.05, 3.63) is 79.0 Å². The summed E-state index contributed by atoms with van der Waals surface area (Å²) in [5.41, 5.74) is 4.81. The van der Waals surface area contributed by atoms with Gasteiger partial charge in [-0.15, -0.1) is 0 Å². The maximum absolute atomic E-state index is 3.29. The highest BCUT2D eigenvalue weighted by atomic mass is 14.7. The zero-order valence-electron chi connectivity index (χ0n) is 10.0. The monoisotopic (exact) mass is 232 g/mol. The van der Waals surface area contributed by atoms with Crippen molar-refractivity contribution in [1.29, 1.82) is 0 Å². The predicted octanol–water partition coefficient (Wildman–Crippen LogP) is 3.83. The minimum Gasteiger partial charge on any atom is -0.211 e. The fourth-order valence-electron chi connectivity index (χ4n) is 2.06. The molecule has 0 bridgehead atoms. The summed E-state index contributed by atoms with van der Waals surface area (Å²) in [6.45, 7) is 0. The minimum absolute atomic E-state index is 1.14. The summed E-state index contributed by atoms with van der Waals surface area (Å²) in [5, 5.41) is 0. The number of aromatic nitrogens is 1. The number of benzene rings is 2. The number of rotatable bonds is 2. The van der Waals surface area contributed by atoms with Crippen LogP contribution in [0.5, 0.6) is 0 Å².